The molecule has 11 heteroatoms. The Labute approximate surface area is 223 Å². The van der Waals surface area contributed by atoms with E-state index in [2.05, 4.69) is 25.6 Å². The minimum atomic E-state index is -0.820. The predicted molar refractivity (Wildman–Crippen MR) is 141 cm³/mol. The highest BCUT2D eigenvalue weighted by Gasteiger charge is 2.34. The van der Waals surface area contributed by atoms with E-state index in [-0.39, 0.29) is 18.4 Å². The van der Waals surface area contributed by atoms with Gasteiger partial charge in [0.05, 0.1) is 13.2 Å². The molecule has 1 saturated heterocycles. The van der Waals surface area contributed by atoms with Crippen LogP contribution in [0.1, 0.15) is 43.7 Å². The van der Waals surface area contributed by atoms with Crippen molar-refractivity contribution >= 4 is 11.8 Å². The topological polar surface area (TPSA) is 119 Å². The fourth-order valence-corrected chi connectivity index (χ4v) is 4.31. The van der Waals surface area contributed by atoms with Gasteiger partial charge in [-0.2, -0.15) is 4.80 Å². The third-order valence-electron chi connectivity index (χ3n) is 6.22. The second kappa shape index (κ2) is 11.9. The van der Waals surface area contributed by atoms with Gasteiger partial charge in [0, 0.05) is 31.7 Å². The summed E-state index contributed by atoms with van der Waals surface area (Å²) in [5, 5.41) is 15.5. The van der Waals surface area contributed by atoms with Gasteiger partial charge in [0.15, 0.2) is 5.76 Å². The molecule has 0 aliphatic carbocycles. The molecule has 2 amide bonds. The van der Waals surface area contributed by atoms with E-state index in [1.165, 1.54) is 4.80 Å². The van der Waals surface area contributed by atoms with Crippen molar-refractivity contribution in [1.82, 2.24) is 35.3 Å². The van der Waals surface area contributed by atoms with Gasteiger partial charge in [-0.1, -0.05) is 29.8 Å². The Morgan fingerprint density at radius 2 is 1.79 bits per heavy atom. The van der Waals surface area contributed by atoms with Crippen LogP contribution in [0.5, 0.6) is 0 Å². The Hall–Kier alpha value is -3.57. The predicted octanol–water partition coefficient (Wildman–Crippen LogP) is 2.37. The molecule has 3 heterocycles. The Morgan fingerprint density at radius 1 is 1.08 bits per heavy atom. The SMILES string of the molecule is Cc1ccc([C@H](C(=O)NC(C)(C)C)N(CCN2CCOCC2)C(=O)Cn2nnc(-c3ccc(C)o3)n2)cc1. The lowest BCUT2D eigenvalue weighted by Crippen LogP contribution is -2.52. The first-order valence-corrected chi connectivity index (χ1v) is 12.9. The van der Waals surface area contributed by atoms with Crippen LogP contribution < -0.4 is 5.32 Å². The molecule has 0 spiro atoms. The van der Waals surface area contributed by atoms with E-state index < -0.39 is 11.6 Å². The first kappa shape index (κ1) is 27.5. The molecule has 4 rings (SSSR count). The molecule has 204 valence electrons. The Balaban J connectivity index is 1.62. The first-order chi connectivity index (χ1) is 18.1. The van der Waals surface area contributed by atoms with Gasteiger partial charge in [0.1, 0.15) is 18.3 Å². The highest BCUT2D eigenvalue weighted by Crippen LogP contribution is 2.24. The number of tetrazole rings is 1. The molecule has 38 heavy (non-hydrogen) atoms. The average Bonchev–Trinajstić information content (AvgIpc) is 3.51. The van der Waals surface area contributed by atoms with E-state index in [0.29, 0.717) is 37.9 Å². The van der Waals surface area contributed by atoms with Crippen molar-refractivity contribution in [3.8, 4) is 11.6 Å². The maximum atomic E-state index is 13.8. The molecule has 1 aromatic carbocycles. The molecule has 1 N–H and O–H groups in total. The van der Waals surface area contributed by atoms with E-state index >= 15 is 0 Å². The third kappa shape index (κ3) is 7.26. The van der Waals surface area contributed by atoms with Crippen molar-refractivity contribution in [1.29, 1.82) is 0 Å². The summed E-state index contributed by atoms with van der Waals surface area (Å²) < 4.78 is 11.1. The van der Waals surface area contributed by atoms with Crippen molar-refractivity contribution < 1.29 is 18.7 Å². The van der Waals surface area contributed by atoms with E-state index in [1.807, 2.05) is 65.0 Å². The number of amides is 2. The Morgan fingerprint density at radius 3 is 2.42 bits per heavy atom. The quantitative estimate of drug-likeness (QED) is 0.454. The molecular weight excluding hydrogens is 486 g/mol. The molecule has 2 aromatic heterocycles. The van der Waals surface area contributed by atoms with Crippen molar-refractivity contribution in [3.63, 3.8) is 0 Å². The van der Waals surface area contributed by atoms with E-state index in [9.17, 15) is 9.59 Å². The van der Waals surface area contributed by atoms with Crippen molar-refractivity contribution in [2.45, 2.75) is 52.7 Å². The average molecular weight is 524 g/mol. The lowest BCUT2D eigenvalue weighted by molar-refractivity contribution is -0.142. The van der Waals surface area contributed by atoms with E-state index in [0.717, 1.165) is 30.0 Å². The van der Waals surface area contributed by atoms with Crippen LogP contribution in [0.4, 0.5) is 0 Å². The molecule has 1 aliphatic rings. The van der Waals surface area contributed by atoms with Gasteiger partial charge >= 0.3 is 0 Å². The number of furan rings is 1. The molecule has 0 bridgehead atoms. The van der Waals surface area contributed by atoms with Crippen LogP contribution in [0.15, 0.2) is 40.8 Å². The highest BCUT2D eigenvalue weighted by molar-refractivity contribution is 5.89. The number of aromatic nitrogens is 4. The fraction of sp³-hybridized carbons (Fsp3) is 0.519. The molecule has 1 fully saturated rings. The molecule has 1 aliphatic heterocycles. The standard InChI is InChI=1S/C27H37N7O4/c1-19-6-9-21(10-7-19)24(26(36)28-27(3,4)5)33(13-12-32-14-16-37-17-15-32)23(35)18-34-30-25(29-31-34)22-11-8-20(2)38-22/h6-11,24H,12-18H2,1-5H3,(H,28,36)/t24-/m1/s1. The number of benzene rings is 1. The number of morpholine rings is 1. The van der Waals surface area contributed by atoms with Crippen molar-refractivity contribution in [3.05, 3.63) is 53.3 Å². The minimum Gasteiger partial charge on any atom is -0.458 e. The van der Waals surface area contributed by atoms with Gasteiger partial charge in [0.2, 0.25) is 17.6 Å². The highest BCUT2D eigenvalue weighted by atomic mass is 16.5. The van der Waals surface area contributed by atoms with Gasteiger partial charge in [-0.3, -0.25) is 14.5 Å². The number of aryl methyl sites for hydroxylation is 2. The van der Waals surface area contributed by atoms with Gasteiger partial charge in [0.25, 0.3) is 0 Å². The zero-order chi connectivity index (χ0) is 27.3. The summed E-state index contributed by atoms with van der Waals surface area (Å²) >= 11 is 0. The Kier molecular flexibility index (Phi) is 8.58. The summed E-state index contributed by atoms with van der Waals surface area (Å²) in [4.78, 5) is 32.6. The van der Waals surface area contributed by atoms with E-state index in [1.54, 1.807) is 11.0 Å². The van der Waals surface area contributed by atoms with Crippen LogP contribution in [-0.4, -0.2) is 86.8 Å². The van der Waals surface area contributed by atoms with Gasteiger partial charge < -0.3 is 19.4 Å². The first-order valence-electron chi connectivity index (χ1n) is 12.9. The smallest absolute Gasteiger partial charge is 0.247 e. The van der Waals surface area contributed by atoms with Crippen molar-refractivity contribution in [2.24, 2.45) is 0 Å². The number of hydrogen-bond acceptors (Lipinski definition) is 8. The lowest BCUT2D eigenvalue weighted by Gasteiger charge is -2.35. The van der Waals surface area contributed by atoms with Crippen LogP contribution in [0.25, 0.3) is 11.6 Å². The second-order valence-electron chi connectivity index (χ2n) is 10.6. The molecule has 3 aromatic rings. The summed E-state index contributed by atoms with van der Waals surface area (Å²) in [6.45, 7) is 13.3. The van der Waals surface area contributed by atoms with Crippen LogP contribution in [0.2, 0.25) is 0 Å². The fourth-order valence-electron chi connectivity index (χ4n) is 4.31. The summed E-state index contributed by atoms with van der Waals surface area (Å²) in [5.74, 6) is 0.980. The molecular formula is C27H37N7O4. The molecule has 11 nitrogen and oxygen atoms in total. The minimum absolute atomic E-state index is 0.166. The third-order valence-corrected chi connectivity index (χ3v) is 6.22. The maximum absolute atomic E-state index is 13.8. The van der Waals surface area contributed by atoms with Crippen molar-refractivity contribution in [2.75, 3.05) is 39.4 Å². The normalized spacial score (nSPS) is 15.3. The zero-order valence-corrected chi connectivity index (χ0v) is 22.8. The van der Waals surface area contributed by atoms with Gasteiger partial charge in [-0.05, 0) is 57.5 Å². The second-order valence-corrected chi connectivity index (χ2v) is 10.6. The summed E-state index contributed by atoms with van der Waals surface area (Å²) in [5.41, 5.74) is 1.34. The Bertz CT molecular complexity index is 1220. The molecule has 0 radical (unpaired) electrons. The number of hydrogen-bond donors (Lipinski definition) is 1. The van der Waals surface area contributed by atoms with Crippen LogP contribution in [0.3, 0.4) is 0 Å². The maximum Gasteiger partial charge on any atom is 0.247 e. The molecule has 0 unspecified atom stereocenters. The number of rotatable bonds is 9. The number of nitrogens with one attached hydrogen (secondary N) is 1. The number of nitrogens with zero attached hydrogens (tertiary/aromatic N) is 6. The molecule has 0 saturated carbocycles. The monoisotopic (exact) mass is 523 g/mol. The van der Waals surface area contributed by atoms with Gasteiger partial charge in [-0.25, -0.2) is 0 Å². The van der Waals surface area contributed by atoms with Crippen LogP contribution in [-0.2, 0) is 20.9 Å². The lowest BCUT2D eigenvalue weighted by atomic mass is 10.0. The number of carbonyl (C=O) groups excluding carboxylic acids is 2. The zero-order valence-electron chi connectivity index (χ0n) is 22.8. The summed E-state index contributed by atoms with van der Waals surface area (Å²) in [6, 6.07) is 10.5. The van der Waals surface area contributed by atoms with Crippen LogP contribution in [0, 0.1) is 13.8 Å². The number of ether oxygens (including phenoxy) is 1. The molecule has 1 atom stereocenters. The summed E-state index contributed by atoms with van der Waals surface area (Å²) in [6.07, 6.45) is 0. The summed E-state index contributed by atoms with van der Waals surface area (Å²) in [7, 11) is 0. The van der Waals surface area contributed by atoms with Crippen LogP contribution >= 0.6 is 0 Å². The largest absolute Gasteiger partial charge is 0.458 e. The van der Waals surface area contributed by atoms with Gasteiger partial charge in [-0.15, -0.1) is 10.2 Å². The van der Waals surface area contributed by atoms with E-state index in [4.69, 9.17) is 9.15 Å². The number of carbonyl (C=O) groups is 2.